The Kier molecular flexibility index (Phi) is 6.63. The molecule has 1 aliphatic heterocycles. The lowest BCUT2D eigenvalue weighted by Crippen LogP contribution is -2.42. The number of ether oxygens (including phenoxy) is 1. The summed E-state index contributed by atoms with van der Waals surface area (Å²) in [5.74, 6) is -0.211. The number of benzene rings is 2. The summed E-state index contributed by atoms with van der Waals surface area (Å²) in [4.78, 5) is 28.6. The van der Waals surface area contributed by atoms with Gasteiger partial charge in [-0.15, -0.1) is 0 Å². The molecule has 2 aromatic heterocycles. The summed E-state index contributed by atoms with van der Waals surface area (Å²) in [6.07, 6.45) is 1.92. The van der Waals surface area contributed by atoms with Crippen LogP contribution in [0.15, 0.2) is 53.6 Å². The van der Waals surface area contributed by atoms with Crippen molar-refractivity contribution >= 4 is 34.6 Å². The van der Waals surface area contributed by atoms with Gasteiger partial charge in [0, 0.05) is 23.6 Å². The van der Waals surface area contributed by atoms with Crippen LogP contribution in [0.4, 0.5) is 8.78 Å². The second kappa shape index (κ2) is 9.75. The minimum absolute atomic E-state index is 0.0208. The summed E-state index contributed by atoms with van der Waals surface area (Å²) in [5.41, 5.74) is 2.40. The normalized spacial score (nSPS) is 16.2. The van der Waals surface area contributed by atoms with Crippen LogP contribution in [0.25, 0.3) is 5.52 Å². The van der Waals surface area contributed by atoms with Crippen LogP contribution in [0.2, 0.25) is 10.0 Å². The highest BCUT2D eigenvalue weighted by Crippen LogP contribution is 2.29. The molecule has 5 rings (SSSR count). The first-order chi connectivity index (χ1) is 17.6. The van der Waals surface area contributed by atoms with Gasteiger partial charge in [-0.2, -0.15) is 19.0 Å². The van der Waals surface area contributed by atoms with Gasteiger partial charge in [-0.3, -0.25) is 9.59 Å². The molecule has 1 unspecified atom stereocenters. The van der Waals surface area contributed by atoms with Crippen molar-refractivity contribution in [1.82, 2.24) is 24.3 Å². The molecule has 0 saturated carbocycles. The van der Waals surface area contributed by atoms with Crippen molar-refractivity contribution < 1.29 is 18.3 Å². The molecule has 37 heavy (non-hydrogen) atoms. The van der Waals surface area contributed by atoms with E-state index >= 15 is 0 Å². The van der Waals surface area contributed by atoms with E-state index < -0.39 is 12.7 Å². The third-order valence-electron chi connectivity index (χ3n) is 6.52. The summed E-state index contributed by atoms with van der Waals surface area (Å²) in [5, 5.41) is 9.46. The number of hydrogen-bond donors (Lipinski definition) is 0. The van der Waals surface area contributed by atoms with E-state index in [2.05, 4.69) is 14.9 Å². The second-order valence-electron chi connectivity index (χ2n) is 8.84. The largest absolute Gasteiger partial charge is 0.435 e. The number of hydrogen-bond acceptors (Lipinski definition) is 5. The highest BCUT2D eigenvalue weighted by molar-refractivity contribution is 6.42. The quantitative estimate of drug-likeness (QED) is 0.351. The lowest BCUT2D eigenvalue weighted by atomic mass is 9.99. The van der Waals surface area contributed by atoms with Crippen LogP contribution < -0.4 is 10.3 Å². The van der Waals surface area contributed by atoms with Crippen LogP contribution in [0.5, 0.6) is 5.75 Å². The molecular formula is C25H21Cl2F2N5O3. The van der Waals surface area contributed by atoms with Gasteiger partial charge in [0.2, 0.25) is 0 Å². The Morgan fingerprint density at radius 3 is 2.54 bits per heavy atom. The minimum atomic E-state index is -2.92. The first-order valence-corrected chi connectivity index (χ1v) is 12.2. The molecule has 0 aliphatic carbocycles. The molecule has 4 aromatic rings. The van der Waals surface area contributed by atoms with E-state index in [1.807, 2.05) is 6.92 Å². The number of aromatic nitrogens is 4. The Morgan fingerprint density at radius 2 is 1.86 bits per heavy atom. The minimum Gasteiger partial charge on any atom is -0.435 e. The molecule has 8 nitrogen and oxygen atoms in total. The molecule has 2 aromatic carbocycles. The van der Waals surface area contributed by atoms with Gasteiger partial charge >= 0.3 is 6.61 Å². The zero-order valence-electron chi connectivity index (χ0n) is 19.7. The van der Waals surface area contributed by atoms with Gasteiger partial charge in [-0.05, 0) is 49.7 Å². The SMILES string of the molecule is CC(c1ccc(OC(F)F)cc1)n1ncn2nc3c(c2c1=O)CN(C(=O)c1ccc(Cl)c(Cl)c1)[C@H](C)C3. The van der Waals surface area contributed by atoms with E-state index in [4.69, 9.17) is 23.2 Å². The van der Waals surface area contributed by atoms with Gasteiger partial charge in [-0.1, -0.05) is 35.3 Å². The summed E-state index contributed by atoms with van der Waals surface area (Å²) in [6, 6.07) is 10.1. The van der Waals surface area contributed by atoms with E-state index in [0.29, 0.717) is 33.7 Å². The highest BCUT2D eigenvalue weighted by atomic mass is 35.5. The molecule has 0 bridgehead atoms. The first-order valence-electron chi connectivity index (χ1n) is 11.4. The number of carbonyl (C=O) groups excluding carboxylic acids is 1. The number of rotatable bonds is 5. The van der Waals surface area contributed by atoms with Crippen LogP contribution in [0.1, 0.15) is 47.1 Å². The number of nitrogens with zero attached hydrogens (tertiary/aromatic N) is 5. The van der Waals surface area contributed by atoms with Crippen molar-refractivity contribution in [2.24, 2.45) is 0 Å². The highest BCUT2D eigenvalue weighted by Gasteiger charge is 2.32. The molecule has 0 saturated heterocycles. The predicted octanol–water partition coefficient (Wildman–Crippen LogP) is 5.00. The summed E-state index contributed by atoms with van der Waals surface area (Å²) in [7, 11) is 0. The summed E-state index contributed by atoms with van der Waals surface area (Å²) >= 11 is 12.1. The maximum Gasteiger partial charge on any atom is 0.387 e. The van der Waals surface area contributed by atoms with Gasteiger partial charge in [0.15, 0.2) is 0 Å². The fourth-order valence-corrected chi connectivity index (χ4v) is 4.85. The average Bonchev–Trinajstić information content (AvgIpc) is 3.22. The summed E-state index contributed by atoms with van der Waals surface area (Å²) < 4.78 is 32.1. The van der Waals surface area contributed by atoms with Crippen molar-refractivity contribution in [2.45, 2.75) is 45.5 Å². The predicted molar refractivity (Wildman–Crippen MR) is 134 cm³/mol. The maximum absolute atomic E-state index is 13.6. The van der Waals surface area contributed by atoms with E-state index in [-0.39, 0.29) is 34.8 Å². The smallest absolute Gasteiger partial charge is 0.387 e. The number of amides is 1. The van der Waals surface area contributed by atoms with E-state index in [1.54, 1.807) is 36.1 Å². The Morgan fingerprint density at radius 1 is 1.14 bits per heavy atom. The van der Waals surface area contributed by atoms with Gasteiger partial charge in [0.05, 0.1) is 28.3 Å². The van der Waals surface area contributed by atoms with Crippen LogP contribution in [-0.2, 0) is 13.0 Å². The fraction of sp³-hybridized carbons (Fsp3) is 0.280. The van der Waals surface area contributed by atoms with Crippen molar-refractivity contribution in [3.63, 3.8) is 0 Å². The Balaban J connectivity index is 1.49. The van der Waals surface area contributed by atoms with Gasteiger partial charge in [-0.25, -0.2) is 9.20 Å². The van der Waals surface area contributed by atoms with Gasteiger partial charge in [0.25, 0.3) is 11.5 Å². The molecule has 2 atom stereocenters. The maximum atomic E-state index is 13.6. The Bertz CT molecular complexity index is 1550. The van der Waals surface area contributed by atoms with E-state index in [0.717, 1.165) is 5.69 Å². The molecule has 12 heteroatoms. The monoisotopic (exact) mass is 547 g/mol. The lowest BCUT2D eigenvalue weighted by molar-refractivity contribution is -0.0498. The summed E-state index contributed by atoms with van der Waals surface area (Å²) in [6.45, 7) is 0.960. The molecule has 0 radical (unpaired) electrons. The second-order valence-corrected chi connectivity index (χ2v) is 9.65. The number of fused-ring (bicyclic) bond motifs is 3. The topological polar surface area (TPSA) is 81.7 Å². The fourth-order valence-electron chi connectivity index (χ4n) is 4.55. The molecule has 1 amide bonds. The van der Waals surface area contributed by atoms with Crippen molar-refractivity contribution in [2.75, 3.05) is 0 Å². The van der Waals surface area contributed by atoms with Crippen molar-refractivity contribution in [3.05, 3.63) is 91.6 Å². The molecule has 3 heterocycles. The third kappa shape index (κ3) is 4.67. The van der Waals surface area contributed by atoms with Crippen LogP contribution in [-0.4, -0.2) is 42.9 Å². The molecule has 0 spiro atoms. The molecule has 192 valence electrons. The molecular weight excluding hydrogens is 527 g/mol. The van der Waals surface area contributed by atoms with Crippen molar-refractivity contribution in [1.29, 1.82) is 0 Å². The molecule has 0 fully saturated rings. The van der Waals surface area contributed by atoms with Crippen molar-refractivity contribution in [3.8, 4) is 5.75 Å². The van der Waals surface area contributed by atoms with Crippen LogP contribution in [0, 0.1) is 0 Å². The van der Waals surface area contributed by atoms with Gasteiger partial charge < -0.3 is 9.64 Å². The van der Waals surface area contributed by atoms with Gasteiger partial charge in [0.1, 0.15) is 17.6 Å². The van der Waals surface area contributed by atoms with Crippen LogP contribution >= 0.6 is 23.2 Å². The standard InChI is InChI=1S/C25H21Cl2F2N5O3/c1-13-9-21-18(11-32(13)23(35)16-5-8-19(26)20(27)10-16)22-24(36)34(30-12-33(22)31-21)14(2)15-3-6-17(7-4-15)37-25(28)29/h3-8,10,12-14,25H,9,11H2,1-2H3/t13-,14?/m1/s1. The molecule has 0 N–H and O–H groups in total. The van der Waals surface area contributed by atoms with Crippen LogP contribution in [0.3, 0.4) is 0 Å². The lowest BCUT2D eigenvalue weighted by Gasteiger charge is -2.33. The zero-order valence-corrected chi connectivity index (χ0v) is 21.2. The number of carbonyl (C=O) groups is 1. The third-order valence-corrected chi connectivity index (χ3v) is 7.26. The zero-order chi connectivity index (χ0) is 26.4. The number of alkyl halides is 2. The average molecular weight is 548 g/mol. The first kappa shape index (κ1) is 25.2. The number of halogens is 4. The van der Waals surface area contributed by atoms with E-state index in [1.165, 1.54) is 33.7 Å². The Labute approximate surface area is 220 Å². The van der Waals surface area contributed by atoms with E-state index in [9.17, 15) is 18.4 Å². The Hall–Kier alpha value is -3.50. The molecule has 1 aliphatic rings.